The second kappa shape index (κ2) is 6.88. The number of aromatic nitrogens is 2. The number of benzene rings is 1. The summed E-state index contributed by atoms with van der Waals surface area (Å²) in [7, 11) is 3.98. The van der Waals surface area contributed by atoms with Crippen molar-refractivity contribution in [2.45, 2.75) is 24.8 Å². The van der Waals surface area contributed by atoms with Crippen LogP contribution in [0.25, 0.3) is 11.0 Å². The van der Waals surface area contributed by atoms with Gasteiger partial charge in [0.2, 0.25) is 5.91 Å². The van der Waals surface area contributed by atoms with E-state index in [4.69, 9.17) is 0 Å². The lowest BCUT2D eigenvalue weighted by atomic mass is 9.86. The van der Waals surface area contributed by atoms with Crippen LogP contribution < -0.4 is 0 Å². The van der Waals surface area contributed by atoms with Crippen molar-refractivity contribution in [3.63, 3.8) is 0 Å². The summed E-state index contributed by atoms with van der Waals surface area (Å²) in [6.07, 6.45) is 5.46. The number of hydrogen-bond acceptors (Lipinski definition) is 5. The van der Waals surface area contributed by atoms with Crippen LogP contribution in [0.4, 0.5) is 0 Å². The van der Waals surface area contributed by atoms with Gasteiger partial charge in [-0.15, -0.1) is 0 Å². The third-order valence-corrected chi connectivity index (χ3v) is 6.16. The van der Waals surface area contributed by atoms with Crippen molar-refractivity contribution in [2.24, 2.45) is 0 Å². The third-order valence-electron chi connectivity index (χ3n) is 6.16. The van der Waals surface area contributed by atoms with Gasteiger partial charge in [0.05, 0.1) is 11.1 Å². The molecule has 1 aromatic carbocycles. The first-order valence-electron chi connectivity index (χ1n) is 9.44. The maximum Gasteiger partial charge on any atom is 0.256 e. The Labute approximate surface area is 159 Å². The first-order valence-corrected chi connectivity index (χ1v) is 9.44. The largest absolute Gasteiger partial charge is 0.346 e. The lowest BCUT2D eigenvalue weighted by Gasteiger charge is -2.49. The van der Waals surface area contributed by atoms with Crippen molar-refractivity contribution in [3.05, 3.63) is 36.2 Å². The number of carbonyl (C=O) groups is 2. The number of nitrogens with zero attached hydrogens (tertiary/aromatic N) is 5. The van der Waals surface area contributed by atoms with Crippen LogP contribution in [0, 0.1) is 0 Å². The van der Waals surface area contributed by atoms with E-state index in [-0.39, 0.29) is 17.4 Å². The number of fused-ring (bicyclic) bond motifs is 1. The highest BCUT2D eigenvalue weighted by Gasteiger charge is 2.43. The Morgan fingerprint density at radius 1 is 1.07 bits per heavy atom. The number of piperazine rings is 1. The van der Waals surface area contributed by atoms with Gasteiger partial charge >= 0.3 is 0 Å². The second-order valence-electron chi connectivity index (χ2n) is 7.67. The number of likely N-dealkylation sites (N-methyl/N-ethyl adjacent to an activating group) is 1. The lowest BCUT2D eigenvalue weighted by molar-refractivity contribution is -0.129. The quantitative estimate of drug-likeness (QED) is 0.762. The molecule has 0 radical (unpaired) electrons. The Morgan fingerprint density at radius 2 is 1.89 bits per heavy atom. The van der Waals surface area contributed by atoms with Crippen LogP contribution >= 0.6 is 0 Å². The predicted molar refractivity (Wildman–Crippen MR) is 102 cm³/mol. The number of para-hydroxylation sites is 1. The highest BCUT2D eigenvalue weighted by molar-refractivity contribution is 6.04. The third kappa shape index (κ3) is 3.16. The molecule has 0 saturated carbocycles. The molecule has 2 saturated heterocycles. The average Bonchev–Trinajstić information content (AvgIpc) is 2.84. The summed E-state index contributed by atoms with van der Waals surface area (Å²) < 4.78 is 0. The Kier molecular flexibility index (Phi) is 4.55. The topological polar surface area (TPSA) is 69.6 Å². The van der Waals surface area contributed by atoms with Crippen LogP contribution in [0.1, 0.15) is 29.6 Å². The van der Waals surface area contributed by atoms with Crippen LogP contribution in [-0.2, 0) is 4.79 Å². The molecule has 2 aliphatic rings. The van der Waals surface area contributed by atoms with E-state index in [0.717, 1.165) is 31.4 Å². The van der Waals surface area contributed by atoms with Crippen molar-refractivity contribution in [1.29, 1.82) is 0 Å². The fourth-order valence-electron chi connectivity index (χ4n) is 4.27. The van der Waals surface area contributed by atoms with E-state index in [0.29, 0.717) is 30.6 Å². The molecular formula is C20H25N5O2. The van der Waals surface area contributed by atoms with E-state index >= 15 is 0 Å². The first-order chi connectivity index (χ1) is 13.0. The molecule has 0 unspecified atom stereocenters. The van der Waals surface area contributed by atoms with Gasteiger partial charge in [-0.3, -0.25) is 24.5 Å². The molecule has 142 valence electrons. The Bertz CT molecular complexity index is 880. The summed E-state index contributed by atoms with van der Waals surface area (Å²) >= 11 is 0. The summed E-state index contributed by atoms with van der Waals surface area (Å²) in [5.74, 6) is 0.186. The highest BCUT2D eigenvalue weighted by Crippen LogP contribution is 2.32. The van der Waals surface area contributed by atoms with Gasteiger partial charge < -0.3 is 9.80 Å². The maximum absolute atomic E-state index is 13.3. The number of carbonyl (C=O) groups excluding carboxylic acids is 2. The van der Waals surface area contributed by atoms with Gasteiger partial charge in [0.15, 0.2) is 0 Å². The first kappa shape index (κ1) is 17.9. The van der Waals surface area contributed by atoms with E-state index in [1.165, 1.54) is 0 Å². The van der Waals surface area contributed by atoms with E-state index in [1.807, 2.05) is 35.0 Å². The fourth-order valence-corrected chi connectivity index (χ4v) is 4.27. The monoisotopic (exact) mass is 367 g/mol. The Balaban J connectivity index is 1.62. The van der Waals surface area contributed by atoms with Gasteiger partial charge in [-0.05, 0) is 32.0 Å². The molecule has 2 amide bonds. The molecule has 0 bridgehead atoms. The normalized spacial score (nSPS) is 24.4. The van der Waals surface area contributed by atoms with Crippen LogP contribution in [0.3, 0.4) is 0 Å². The van der Waals surface area contributed by atoms with Crippen LogP contribution in [0.5, 0.6) is 0 Å². The molecule has 2 aliphatic heterocycles. The second-order valence-corrected chi connectivity index (χ2v) is 7.67. The van der Waals surface area contributed by atoms with E-state index in [9.17, 15) is 9.59 Å². The maximum atomic E-state index is 13.3. The standard InChI is InChI=1S/C20H25N5O2/c1-23-11-8-20(7-6-17(23)26)14-25(13-12-24(20)2)19(27)15-4-3-5-16-18(15)22-10-9-21-16/h3-5,9-10H,6-8,11-14H2,1-2H3/t20-/m0/s1. The number of rotatable bonds is 1. The SMILES string of the molecule is CN1CC[C@@]2(CCC1=O)CN(C(=O)c1cccc3nccnc13)CCN2C. The van der Waals surface area contributed by atoms with Gasteiger partial charge in [-0.1, -0.05) is 6.07 Å². The minimum absolute atomic E-state index is 0.00231. The smallest absolute Gasteiger partial charge is 0.256 e. The summed E-state index contributed by atoms with van der Waals surface area (Å²) in [6, 6.07) is 5.56. The molecule has 1 atom stereocenters. The van der Waals surface area contributed by atoms with E-state index < -0.39 is 0 Å². The number of hydrogen-bond donors (Lipinski definition) is 0. The molecule has 2 aromatic rings. The van der Waals surface area contributed by atoms with Crippen molar-refractivity contribution < 1.29 is 9.59 Å². The average molecular weight is 367 g/mol. The van der Waals surface area contributed by atoms with E-state index in [1.54, 1.807) is 12.4 Å². The molecular weight excluding hydrogens is 342 g/mol. The van der Waals surface area contributed by atoms with Gasteiger partial charge in [-0.25, -0.2) is 0 Å². The zero-order chi connectivity index (χ0) is 19.0. The van der Waals surface area contributed by atoms with Crippen LogP contribution in [0.15, 0.2) is 30.6 Å². The van der Waals surface area contributed by atoms with Gasteiger partial charge in [0.25, 0.3) is 5.91 Å². The zero-order valence-electron chi connectivity index (χ0n) is 15.9. The highest BCUT2D eigenvalue weighted by atomic mass is 16.2. The van der Waals surface area contributed by atoms with Crippen molar-refractivity contribution in [2.75, 3.05) is 40.3 Å². The molecule has 4 rings (SSSR count). The number of amides is 2. The summed E-state index contributed by atoms with van der Waals surface area (Å²) in [5, 5.41) is 0. The van der Waals surface area contributed by atoms with Crippen molar-refractivity contribution >= 4 is 22.8 Å². The lowest BCUT2D eigenvalue weighted by Crippen LogP contribution is -2.62. The van der Waals surface area contributed by atoms with Gasteiger partial charge in [-0.2, -0.15) is 0 Å². The molecule has 27 heavy (non-hydrogen) atoms. The molecule has 3 heterocycles. The predicted octanol–water partition coefficient (Wildman–Crippen LogP) is 1.40. The van der Waals surface area contributed by atoms with Crippen LogP contribution in [0.2, 0.25) is 0 Å². The summed E-state index contributed by atoms with van der Waals surface area (Å²) in [4.78, 5) is 40.2. The minimum atomic E-state index is -0.148. The van der Waals surface area contributed by atoms with E-state index in [2.05, 4.69) is 21.9 Å². The minimum Gasteiger partial charge on any atom is -0.346 e. The van der Waals surface area contributed by atoms with Gasteiger partial charge in [0.1, 0.15) is 5.52 Å². The molecule has 1 spiro atoms. The van der Waals surface area contributed by atoms with Gasteiger partial charge in [0, 0.05) is 57.6 Å². The van der Waals surface area contributed by atoms with Crippen molar-refractivity contribution in [1.82, 2.24) is 24.7 Å². The Morgan fingerprint density at radius 3 is 2.74 bits per heavy atom. The van der Waals surface area contributed by atoms with Crippen LogP contribution in [-0.4, -0.2) is 82.3 Å². The molecule has 0 N–H and O–H groups in total. The zero-order valence-corrected chi connectivity index (χ0v) is 15.9. The molecule has 2 fully saturated rings. The molecule has 0 aliphatic carbocycles. The fraction of sp³-hybridized carbons (Fsp3) is 0.500. The summed E-state index contributed by atoms with van der Waals surface area (Å²) in [5.41, 5.74) is 1.83. The molecule has 7 nitrogen and oxygen atoms in total. The molecule has 1 aromatic heterocycles. The summed E-state index contributed by atoms with van der Waals surface area (Å²) in [6.45, 7) is 2.85. The van der Waals surface area contributed by atoms with Crippen molar-refractivity contribution in [3.8, 4) is 0 Å². The Hall–Kier alpha value is -2.54. The molecule has 7 heteroatoms. The number of likely N-dealkylation sites (tertiary alicyclic amines) is 1.